The van der Waals surface area contributed by atoms with E-state index in [1.54, 1.807) is 19.1 Å². The Morgan fingerprint density at radius 3 is 2.56 bits per heavy atom. The van der Waals surface area contributed by atoms with Crippen molar-refractivity contribution < 1.29 is 11.2 Å². The van der Waals surface area contributed by atoms with Crippen LogP contribution >= 0.6 is 0 Å². The summed E-state index contributed by atoms with van der Waals surface area (Å²) < 4.78 is 39.1. The minimum absolute atomic E-state index is 0.122. The largest absolute Gasteiger partial charge is 0.276 e. The smallest absolute Gasteiger partial charge is 0.200 e. The molecule has 1 N–H and O–H groups in total. The molecule has 0 saturated heterocycles. The number of hydrogen-bond acceptors (Lipinski definition) is 3. The number of hydrogen-bond donors (Lipinski definition) is 1. The standard InChI is InChI=1S/C13H16N2O2S/c1-9-4-6-12(7-5-9)18(16,17)15-14-11(3)13-8-10(13)2/h4-7,13,15H,2,8H2,1,3H3/b14-11+/i8D2. The second-order valence-electron chi connectivity index (χ2n) is 4.26. The summed E-state index contributed by atoms with van der Waals surface area (Å²) in [7, 11) is -3.72. The maximum absolute atomic E-state index is 12.0. The molecule has 0 aromatic heterocycles. The second kappa shape index (κ2) is 4.57. The Balaban J connectivity index is 2.14. The van der Waals surface area contributed by atoms with E-state index in [0.717, 1.165) is 5.56 Å². The molecule has 0 heterocycles. The van der Waals surface area contributed by atoms with Crippen LogP contribution in [0.4, 0.5) is 0 Å². The lowest BCUT2D eigenvalue weighted by atomic mass is 10.2. The lowest BCUT2D eigenvalue weighted by molar-refractivity contribution is 0.584. The van der Waals surface area contributed by atoms with E-state index in [4.69, 9.17) is 2.74 Å². The van der Waals surface area contributed by atoms with Crippen LogP contribution in [0.2, 0.25) is 0 Å². The average molecular weight is 266 g/mol. The Kier molecular flexibility index (Phi) is 2.62. The van der Waals surface area contributed by atoms with E-state index in [1.807, 2.05) is 6.92 Å². The van der Waals surface area contributed by atoms with Crippen molar-refractivity contribution >= 4 is 15.7 Å². The Hall–Kier alpha value is -1.62. The van der Waals surface area contributed by atoms with E-state index in [2.05, 4.69) is 16.5 Å². The van der Waals surface area contributed by atoms with Gasteiger partial charge in [0, 0.05) is 14.4 Å². The van der Waals surface area contributed by atoms with Gasteiger partial charge in [0.15, 0.2) is 0 Å². The fourth-order valence-corrected chi connectivity index (χ4v) is 2.33. The van der Waals surface area contributed by atoms with Crippen LogP contribution in [0.25, 0.3) is 0 Å². The zero-order valence-electron chi connectivity index (χ0n) is 12.3. The number of sulfonamides is 1. The topological polar surface area (TPSA) is 58.5 Å². The van der Waals surface area contributed by atoms with E-state index < -0.39 is 22.3 Å². The van der Waals surface area contributed by atoms with Crippen LogP contribution in [0.5, 0.6) is 0 Å². The third kappa shape index (κ3) is 2.79. The van der Waals surface area contributed by atoms with Gasteiger partial charge in [0.2, 0.25) is 0 Å². The molecule has 0 amide bonds. The van der Waals surface area contributed by atoms with Gasteiger partial charge in [-0.25, -0.2) is 4.83 Å². The van der Waals surface area contributed by atoms with Gasteiger partial charge in [-0.1, -0.05) is 29.8 Å². The summed E-state index contributed by atoms with van der Waals surface area (Å²) in [5, 5.41) is 3.78. The highest BCUT2D eigenvalue weighted by atomic mass is 32.2. The Morgan fingerprint density at radius 2 is 2.06 bits per heavy atom. The maximum Gasteiger partial charge on any atom is 0.276 e. The molecule has 1 unspecified atom stereocenters. The number of nitrogens with zero attached hydrogens (tertiary/aromatic N) is 1. The summed E-state index contributed by atoms with van der Waals surface area (Å²) in [6.07, 6.45) is -1.48. The van der Waals surface area contributed by atoms with Gasteiger partial charge in [-0.2, -0.15) is 13.5 Å². The molecule has 2 rings (SSSR count). The molecule has 96 valence electrons. The van der Waals surface area contributed by atoms with Crippen LogP contribution in [0, 0.1) is 12.8 Å². The van der Waals surface area contributed by atoms with Crippen molar-refractivity contribution in [2.45, 2.75) is 25.1 Å². The number of nitrogens with one attached hydrogen (secondary N) is 1. The van der Waals surface area contributed by atoms with Crippen LogP contribution in [-0.2, 0) is 10.0 Å². The fraction of sp³-hybridized carbons (Fsp3) is 0.308. The molecule has 1 aliphatic carbocycles. The highest BCUT2D eigenvalue weighted by Gasteiger charge is 2.30. The summed E-state index contributed by atoms with van der Waals surface area (Å²) in [5.41, 5.74) is 1.76. The summed E-state index contributed by atoms with van der Waals surface area (Å²) in [4.78, 5) is 2.25. The first-order valence-electron chi connectivity index (χ1n) is 6.48. The van der Waals surface area contributed by atoms with Crippen molar-refractivity contribution in [2.24, 2.45) is 11.0 Å². The first-order valence-corrected chi connectivity index (χ1v) is 6.96. The molecular weight excluding hydrogens is 248 g/mol. The van der Waals surface area contributed by atoms with Gasteiger partial charge >= 0.3 is 0 Å². The van der Waals surface area contributed by atoms with Crippen molar-refractivity contribution in [3.05, 3.63) is 42.0 Å². The Labute approximate surface area is 110 Å². The van der Waals surface area contributed by atoms with Gasteiger partial charge in [0.05, 0.1) is 4.90 Å². The van der Waals surface area contributed by atoms with E-state index in [9.17, 15) is 8.42 Å². The second-order valence-corrected chi connectivity index (χ2v) is 5.92. The third-order valence-corrected chi connectivity index (χ3v) is 3.91. The number of aryl methyl sites for hydroxylation is 1. The van der Waals surface area contributed by atoms with Crippen LogP contribution in [0.3, 0.4) is 0 Å². The molecule has 1 saturated carbocycles. The first-order chi connectivity index (χ1) is 9.16. The molecule has 0 bridgehead atoms. The molecule has 0 aliphatic heterocycles. The monoisotopic (exact) mass is 266 g/mol. The van der Waals surface area contributed by atoms with Gasteiger partial charge in [0.1, 0.15) is 0 Å². The SMILES string of the molecule is [2H]C1([2H])C(=C)C1/C(C)=N/NS(=O)(=O)c1ccc(C)cc1. The van der Waals surface area contributed by atoms with Crippen molar-refractivity contribution in [2.75, 3.05) is 0 Å². The van der Waals surface area contributed by atoms with Crippen LogP contribution in [-0.4, -0.2) is 14.1 Å². The lowest BCUT2D eigenvalue weighted by Gasteiger charge is -2.04. The van der Waals surface area contributed by atoms with E-state index >= 15 is 0 Å². The van der Waals surface area contributed by atoms with Gasteiger partial charge in [-0.3, -0.25) is 0 Å². The van der Waals surface area contributed by atoms with Crippen molar-refractivity contribution in [3.63, 3.8) is 0 Å². The molecular formula is C13H16N2O2S. The van der Waals surface area contributed by atoms with Crippen molar-refractivity contribution in [1.29, 1.82) is 0 Å². The van der Waals surface area contributed by atoms with Crippen molar-refractivity contribution in [1.82, 2.24) is 4.83 Å². The van der Waals surface area contributed by atoms with Gasteiger partial charge in [0.25, 0.3) is 10.0 Å². The lowest BCUT2D eigenvalue weighted by Crippen LogP contribution is -2.20. The van der Waals surface area contributed by atoms with Gasteiger partial charge in [-0.15, -0.1) is 0 Å². The zero-order valence-corrected chi connectivity index (χ0v) is 11.1. The molecule has 1 atom stereocenters. The quantitative estimate of drug-likeness (QED) is 0.516. The van der Waals surface area contributed by atoms with E-state index in [1.165, 1.54) is 12.1 Å². The molecule has 1 aromatic rings. The minimum Gasteiger partial charge on any atom is -0.200 e. The van der Waals surface area contributed by atoms with Gasteiger partial charge in [-0.05, 0) is 32.4 Å². The molecule has 0 radical (unpaired) electrons. The van der Waals surface area contributed by atoms with Crippen LogP contribution < -0.4 is 4.83 Å². The van der Waals surface area contributed by atoms with Crippen molar-refractivity contribution in [3.8, 4) is 0 Å². The highest BCUT2D eigenvalue weighted by Crippen LogP contribution is 2.36. The Morgan fingerprint density at radius 1 is 1.50 bits per heavy atom. The zero-order chi connectivity index (χ0) is 15.1. The number of allylic oxidation sites excluding steroid dienone is 1. The molecule has 1 aliphatic rings. The maximum atomic E-state index is 12.0. The summed E-state index contributed by atoms with van der Waals surface area (Å²) >= 11 is 0. The summed E-state index contributed by atoms with van der Waals surface area (Å²) in [6.45, 7) is 7.05. The number of benzene rings is 1. The normalized spacial score (nSPS) is 24.2. The van der Waals surface area contributed by atoms with Crippen LogP contribution in [0.15, 0.2) is 46.4 Å². The van der Waals surface area contributed by atoms with E-state index in [-0.39, 0.29) is 4.90 Å². The molecule has 1 aromatic carbocycles. The number of rotatable bonds is 4. The predicted octanol–water partition coefficient (Wildman–Crippen LogP) is 2.23. The average Bonchev–Trinajstić information content (AvgIpc) is 2.86. The summed E-state index contributed by atoms with van der Waals surface area (Å²) in [6, 6.07) is 6.40. The van der Waals surface area contributed by atoms with Gasteiger partial charge < -0.3 is 0 Å². The predicted molar refractivity (Wildman–Crippen MR) is 71.9 cm³/mol. The first kappa shape index (κ1) is 10.3. The number of hydrazone groups is 1. The molecule has 5 heteroatoms. The minimum atomic E-state index is -3.72. The molecule has 4 nitrogen and oxygen atoms in total. The highest BCUT2D eigenvalue weighted by molar-refractivity contribution is 7.89. The molecule has 0 spiro atoms. The summed E-state index contributed by atoms with van der Waals surface area (Å²) in [5.74, 6) is -0.511. The third-order valence-electron chi connectivity index (χ3n) is 2.69. The van der Waals surface area contributed by atoms with E-state index in [0.29, 0.717) is 11.3 Å². The Bertz CT molecular complexity index is 679. The molecule has 1 fully saturated rings. The molecule has 18 heavy (non-hydrogen) atoms. The fourth-order valence-electron chi connectivity index (χ4n) is 1.47. The van der Waals surface area contributed by atoms with Crippen LogP contribution in [0.1, 0.15) is 21.6 Å².